The highest BCUT2D eigenvalue weighted by Gasteiger charge is 2.29. The predicted molar refractivity (Wildman–Crippen MR) is 81.4 cm³/mol. The largest absolute Gasteiger partial charge is 0.314 e. The fourth-order valence-electron chi connectivity index (χ4n) is 3.76. The van der Waals surface area contributed by atoms with Gasteiger partial charge in [-0.25, -0.2) is 4.39 Å². The van der Waals surface area contributed by atoms with Crippen molar-refractivity contribution in [3.8, 4) is 0 Å². The lowest BCUT2D eigenvalue weighted by atomic mass is 9.76. The second kappa shape index (κ2) is 6.71. The van der Waals surface area contributed by atoms with Crippen molar-refractivity contribution < 1.29 is 4.39 Å². The van der Waals surface area contributed by atoms with E-state index in [9.17, 15) is 4.39 Å². The van der Waals surface area contributed by atoms with E-state index in [2.05, 4.69) is 5.32 Å². The molecule has 1 nitrogen and oxygen atoms in total. The van der Waals surface area contributed by atoms with Crippen LogP contribution in [0.3, 0.4) is 0 Å². The molecule has 1 N–H and O–H groups in total. The van der Waals surface area contributed by atoms with Gasteiger partial charge in [0.05, 0.1) is 0 Å². The molecule has 110 valence electrons. The molecule has 2 heteroatoms. The van der Waals surface area contributed by atoms with Gasteiger partial charge in [-0.05, 0) is 55.3 Å². The smallest absolute Gasteiger partial charge is 0.123 e. The molecule has 20 heavy (non-hydrogen) atoms. The molecule has 0 atom stereocenters. The highest BCUT2D eigenvalue weighted by molar-refractivity contribution is 5.23. The molecule has 2 saturated carbocycles. The predicted octanol–water partition coefficient (Wildman–Crippen LogP) is 4.63. The highest BCUT2D eigenvalue weighted by Crippen LogP contribution is 2.37. The van der Waals surface area contributed by atoms with Gasteiger partial charge in [-0.3, -0.25) is 0 Å². The average Bonchev–Trinajstić information content (AvgIpc) is 2.44. The molecule has 0 aliphatic heterocycles. The first-order chi connectivity index (χ1) is 9.81. The normalized spacial score (nSPS) is 27.2. The number of halogens is 1. The van der Waals surface area contributed by atoms with Crippen molar-refractivity contribution in [2.75, 3.05) is 6.54 Å². The summed E-state index contributed by atoms with van der Waals surface area (Å²) >= 11 is 0. The van der Waals surface area contributed by atoms with Crippen molar-refractivity contribution in [2.45, 2.75) is 63.3 Å². The summed E-state index contributed by atoms with van der Waals surface area (Å²) in [6.45, 7) is 1.19. The molecule has 0 amide bonds. The van der Waals surface area contributed by atoms with Crippen LogP contribution in [0, 0.1) is 11.7 Å². The zero-order valence-corrected chi connectivity index (χ0v) is 12.3. The summed E-state index contributed by atoms with van der Waals surface area (Å²) < 4.78 is 12.9. The third kappa shape index (κ3) is 3.60. The van der Waals surface area contributed by atoms with E-state index in [1.807, 2.05) is 12.1 Å². The second-order valence-electron chi connectivity index (χ2n) is 6.66. The van der Waals surface area contributed by atoms with Crippen LogP contribution in [-0.4, -0.2) is 12.6 Å². The van der Waals surface area contributed by atoms with Crippen molar-refractivity contribution in [2.24, 2.45) is 5.92 Å². The molecule has 0 aromatic heterocycles. The summed E-state index contributed by atoms with van der Waals surface area (Å²) in [7, 11) is 0. The van der Waals surface area contributed by atoms with Crippen molar-refractivity contribution in [3.05, 3.63) is 35.6 Å². The van der Waals surface area contributed by atoms with E-state index < -0.39 is 0 Å². The Bertz CT molecular complexity index is 402. The molecule has 2 aliphatic rings. The monoisotopic (exact) mass is 275 g/mol. The first-order valence-corrected chi connectivity index (χ1v) is 8.30. The maximum atomic E-state index is 12.9. The Morgan fingerprint density at radius 1 is 1.00 bits per heavy atom. The fourth-order valence-corrected chi connectivity index (χ4v) is 3.76. The Kier molecular flexibility index (Phi) is 4.72. The van der Waals surface area contributed by atoms with Gasteiger partial charge in [0.25, 0.3) is 0 Å². The maximum absolute atomic E-state index is 12.9. The zero-order valence-electron chi connectivity index (χ0n) is 12.3. The van der Waals surface area contributed by atoms with E-state index in [1.165, 1.54) is 63.5 Å². The lowest BCUT2D eigenvalue weighted by Crippen LogP contribution is -2.40. The van der Waals surface area contributed by atoms with E-state index >= 15 is 0 Å². The van der Waals surface area contributed by atoms with Crippen LogP contribution in [0.25, 0.3) is 0 Å². The van der Waals surface area contributed by atoms with Gasteiger partial charge >= 0.3 is 0 Å². The van der Waals surface area contributed by atoms with Crippen molar-refractivity contribution in [3.63, 3.8) is 0 Å². The minimum absolute atomic E-state index is 0.129. The molecule has 0 bridgehead atoms. The lowest BCUT2D eigenvalue weighted by Gasteiger charge is -2.37. The number of rotatable bonds is 5. The number of benzene rings is 1. The van der Waals surface area contributed by atoms with Crippen molar-refractivity contribution in [1.82, 2.24) is 5.32 Å². The maximum Gasteiger partial charge on any atom is 0.123 e. The summed E-state index contributed by atoms with van der Waals surface area (Å²) in [6, 6.07) is 7.74. The Labute approximate surface area is 122 Å². The molecule has 1 aromatic carbocycles. The molecule has 2 aliphatic carbocycles. The zero-order chi connectivity index (χ0) is 13.8. The van der Waals surface area contributed by atoms with Crippen LogP contribution < -0.4 is 5.32 Å². The van der Waals surface area contributed by atoms with Crippen LogP contribution in [0.5, 0.6) is 0 Å². The summed E-state index contributed by atoms with van der Waals surface area (Å²) in [6.07, 6.45) is 11.0. The molecular weight excluding hydrogens is 249 g/mol. The number of hydrogen-bond donors (Lipinski definition) is 1. The van der Waals surface area contributed by atoms with Gasteiger partial charge in [-0.15, -0.1) is 0 Å². The average molecular weight is 275 g/mol. The van der Waals surface area contributed by atoms with Crippen molar-refractivity contribution >= 4 is 0 Å². The Morgan fingerprint density at radius 3 is 2.40 bits per heavy atom. The molecule has 3 rings (SSSR count). The first kappa shape index (κ1) is 14.1. The number of nitrogens with one attached hydrogen (secondary N) is 1. The SMILES string of the molecule is Fc1ccc(C2CC(NCCC3CCCCC3)C2)cc1. The minimum Gasteiger partial charge on any atom is -0.314 e. The van der Waals surface area contributed by atoms with Gasteiger partial charge in [-0.1, -0.05) is 44.2 Å². The lowest BCUT2D eigenvalue weighted by molar-refractivity contribution is 0.270. The summed E-state index contributed by atoms with van der Waals surface area (Å²) in [5, 5.41) is 3.70. The molecule has 1 aromatic rings. The molecule has 0 radical (unpaired) electrons. The van der Waals surface area contributed by atoms with Crippen LogP contribution in [0.4, 0.5) is 4.39 Å². The van der Waals surface area contributed by atoms with Crippen LogP contribution in [0.2, 0.25) is 0 Å². The molecule has 0 spiro atoms. The van der Waals surface area contributed by atoms with Crippen LogP contribution in [-0.2, 0) is 0 Å². The minimum atomic E-state index is -0.129. The van der Waals surface area contributed by atoms with Gasteiger partial charge in [0, 0.05) is 6.04 Å². The number of hydrogen-bond acceptors (Lipinski definition) is 1. The quantitative estimate of drug-likeness (QED) is 0.826. The fraction of sp³-hybridized carbons (Fsp3) is 0.667. The standard InChI is InChI=1S/C18H26FN/c19-17-8-6-15(7-9-17)16-12-18(13-16)20-11-10-14-4-2-1-3-5-14/h6-9,14,16,18,20H,1-5,10-13H2. The second-order valence-corrected chi connectivity index (χ2v) is 6.66. The van der Waals surface area contributed by atoms with E-state index in [-0.39, 0.29) is 5.82 Å². The third-order valence-electron chi connectivity index (χ3n) is 5.19. The van der Waals surface area contributed by atoms with Crippen LogP contribution >= 0.6 is 0 Å². The van der Waals surface area contributed by atoms with E-state index in [0.717, 1.165) is 5.92 Å². The summed E-state index contributed by atoms with van der Waals surface area (Å²) in [4.78, 5) is 0. The van der Waals surface area contributed by atoms with E-state index in [4.69, 9.17) is 0 Å². The Balaban J connectivity index is 1.33. The van der Waals surface area contributed by atoms with Gasteiger partial charge in [0.15, 0.2) is 0 Å². The van der Waals surface area contributed by atoms with Gasteiger partial charge < -0.3 is 5.32 Å². The molecule has 2 fully saturated rings. The van der Waals surface area contributed by atoms with Crippen LogP contribution in [0.1, 0.15) is 62.8 Å². The van der Waals surface area contributed by atoms with Gasteiger partial charge in [0.1, 0.15) is 5.82 Å². The first-order valence-electron chi connectivity index (χ1n) is 8.30. The molecular formula is C18H26FN. The van der Waals surface area contributed by atoms with E-state index in [0.29, 0.717) is 12.0 Å². The Morgan fingerprint density at radius 2 is 1.70 bits per heavy atom. The van der Waals surface area contributed by atoms with Gasteiger partial charge in [0.2, 0.25) is 0 Å². The Hall–Kier alpha value is -0.890. The molecule has 0 unspecified atom stereocenters. The van der Waals surface area contributed by atoms with Crippen LogP contribution in [0.15, 0.2) is 24.3 Å². The third-order valence-corrected chi connectivity index (χ3v) is 5.19. The summed E-state index contributed by atoms with van der Waals surface area (Å²) in [5.41, 5.74) is 1.30. The highest BCUT2D eigenvalue weighted by atomic mass is 19.1. The van der Waals surface area contributed by atoms with E-state index in [1.54, 1.807) is 12.1 Å². The molecule has 0 heterocycles. The summed E-state index contributed by atoms with van der Waals surface area (Å²) in [5.74, 6) is 1.49. The topological polar surface area (TPSA) is 12.0 Å². The molecule has 0 saturated heterocycles. The van der Waals surface area contributed by atoms with Gasteiger partial charge in [-0.2, -0.15) is 0 Å². The van der Waals surface area contributed by atoms with Crippen molar-refractivity contribution in [1.29, 1.82) is 0 Å².